The zero-order valence-corrected chi connectivity index (χ0v) is 17.2. The number of nitrogens with zero attached hydrogens (tertiary/aromatic N) is 2. The number of anilines is 1. The van der Waals surface area contributed by atoms with E-state index in [4.69, 9.17) is 35.4 Å². The molecule has 0 unspecified atom stereocenters. The Bertz CT molecular complexity index is 1030. The highest BCUT2D eigenvalue weighted by atomic mass is 35.5. The normalized spacial score (nSPS) is 11.0. The van der Waals surface area contributed by atoms with Crippen LogP contribution in [0.1, 0.15) is 16.8 Å². The fourth-order valence-electron chi connectivity index (χ4n) is 2.57. The fraction of sp³-hybridized carbons (Fsp3) is 0.100. The van der Waals surface area contributed by atoms with E-state index >= 15 is 0 Å². The third kappa shape index (κ3) is 5.10. The standard InChI is InChI=1S/C20H17Cl2FN4S/c1-13-17(21)5-2-6-19(13)25-20(28)26-24-11-16-4-3-9-27(16)12-14-7-8-15(23)10-18(14)22/h2-11H,12H2,1H3,(H2,25,26,28)/b24-11-. The molecule has 0 fully saturated rings. The lowest BCUT2D eigenvalue weighted by molar-refractivity contribution is 0.626. The van der Waals surface area contributed by atoms with Crippen molar-refractivity contribution >= 4 is 52.4 Å². The summed E-state index contributed by atoms with van der Waals surface area (Å²) in [7, 11) is 0. The molecule has 0 aliphatic rings. The van der Waals surface area contributed by atoms with E-state index in [1.807, 2.05) is 48.0 Å². The third-order valence-electron chi connectivity index (χ3n) is 4.10. The van der Waals surface area contributed by atoms with E-state index in [-0.39, 0.29) is 5.82 Å². The summed E-state index contributed by atoms with van der Waals surface area (Å²) >= 11 is 17.5. The van der Waals surface area contributed by atoms with E-state index in [0.717, 1.165) is 22.5 Å². The van der Waals surface area contributed by atoms with Gasteiger partial charge in [0.25, 0.3) is 0 Å². The molecule has 28 heavy (non-hydrogen) atoms. The molecule has 8 heteroatoms. The lowest BCUT2D eigenvalue weighted by atomic mass is 10.2. The fourth-order valence-corrected chi connectivity index (χ4v) is 3.14. The van der Waals surface area contributed by atoms with Crippen LogP contribution in [0.3, 0.4) is 0 Å². The molecule has 0 spiro atoms. The largest absolute Gasteiger partial charge is 0.342 e. The van der Waals surface area contributed by atoms with E-state index in [1.54, 1.807) is 12.3 Å². The van der Waals surface area contributed by atoms with Crippen LogP contribution in [0.15, 0.2) is 59.8 Å². The highest BCUT2D eigenvalue weighted by Gasteiger charge is 2.06. The Morgan fingerprint density at radius 2 is 2.00 bits per heavy atom. The van der Waals surface area contributed by atoms with Gasteiger partial charge in [-0.25, -0.2) is 4.39 Å². The van der Waals surface area contributed by atoms with Crippen molar-refractivity contribution < 1.29 is 4.39 Å². The summed E-state index contributed by atoms with van der Waals surface area (Å²) in [6.07, 6.45) is 3.54. The van der Waals surface area contributed by atoms with Crippen LogP contribution >= 0.6 is 35.4 Å². The number of nitrogens with one attached hydrogen (secondary N) is 2. The molecule has 0 bridgehead atoms. The molecule has 2 N–H and O–H groups in total. The molecular formula is C20H17Cl2FN4S. The molecule has 0 saturated heterocycles. The van der Waals surface area contributed by atoms with Gasteiger partial charge in [0.2, 0.25) is 0 Å². The molecule has 144 valence electrons. The van der Waals surface area contributed by atoms with E-state index in [9.17, 15) is 4.39 Å². The molecule has 2 aromatic carbocycles. The van der Waals surface area contributed by atoms with Crippen LogP contribution in [0.4, 0.5) is 10.1 Å². The van der Waals surface area contributed by atoms with Gasteiger partial charge >= 0.3 is 0 Å². The average molecular weight is 435 g/mol. The minimum Gasteiger partial charge on any atom is -0.342 e. The first kappa shape index (κ1) is 20.3. The molecule has 1 aromatic heterocycles. The van der Waals surface area contributed by atoms with E-state index in [1.165, 1.54) is 12.1 Å². The average Bonchev–Trinajstić information content (AvgIpc) is 3.08. The zero-order chi connectivity index (χ0) is 20.1. The van der Waals surface area contributed by atoms with Crippen molar-refractivity contribution in [1.29, 1.82) is 0 Å². The van der Waals surface area contributed by atoms with Gasteiger partial charge in [-0.15, -0.1) is 0 Å². The van der Waals surface area contributed by atoms with Gasteiger partial charge in [0.15, 0.2) is 5.11 Å². The SMILES string of the molecule is Cc1c(Cl)cccc1NC(=S)N/N=C\c1cccn1Cc1ccc(F)cc1Cl. The maximum absolute atomic E-state index is 13.2. The van der Waals surface area contributed by atoms with Gasteiger partial charge in [0.05, 0.1) is 11.9 Å². The van der Waals surface area contributed by atoms with Gasteiger partial charge in [-0.2, -0.15) is 5.10 Å². The van der Waals surface area contributed by atoms with Crippen molar-refractivity contribution in [1.82, 2.24) is 9.99 Å². The molecule has 0 radical (unpaired) electrons. The van der Waals surface area contributed by atoms with Crippen LogP contribution in [0.25, 0.3) is 0 Å². The summed E-state index contributed by atoms with van der Waals surface area (Å²) in [6.45, 7) is 2.40. The Hall–Kier alpha value is -2.41. The summed E-state index contributed by atoms with van der Waals surface area (Å²) in [5.74, 6) is -0.358. The van der Waals surface area contributed by atoms with Crippen LogP contribution < -0.4 is 10.7 Å². The van der Waals surface area contributed by atoms with Gasteiger partial charge in [0, 0.05) is 28.5 Å². The number of benzene rings is 2. The molecule has 0 aliphatic carbocycles. The van der Waals surface area contributed by atoms with Crippen molar-refractivity contribution in [2.24, 2.45) is 5.10 Å². The minimum atomic E-state index is -0.358. The van der Waals surface area contributed by atoms with Gasteiger partial charge in [-0.1, -0.05) is 35.3 Å². The molecule has 0 amide bonds. The van der Waals surface area contributed by atoms with Crippen molar-refractivity contribution in [3.63, 3.8) is 0 Å². The molecule has 1 heterocycles. The van der Waals surface area contributed by atoms with Crippen LogP contribution in [-0.2, 0) is 6.54 Å². The number of halogens is 3. The third-order valence-corrected chi connectivity index (χ3v) is 5.05. The Balaban J connectivity index is 1.63. The van der Waals surface area contributed by atoms with Crippen LogP contribution in [0.5, 0.6) is 0 Å². The lowest BCUT2D eigenvalue weighted by Crippen LogP contribution is -2.24. The monoisotopic (exact) mass is 434 g/mol. The second-order valence-electron chi connectivity index (χ2n) is 6.03. The topological polar surface area (TPSA) is 41.4 Å². The summed E-state index contributed by atoms with van der Waals surface area (Å²) in [6, 6.07) is 13.7. The van der Waals surface area contributed by atoms with Gasteiger partial charge in [-0.3, -0.25) is 5.43 Å². The highest BCUT2D eigenvalue weighted by Crippen LogP contribution is 2.22. The molecule has 0 atom stereocenters. The predicted octanol–water partition coefficient (Wildman–Crippen LogP) is 5.61. The Morgan fingerprint density at radius 1 is 1.18 bits per heavy atom. The number of aromatic nitrogens is 1. The van der Waals surface area contributed by atoms with Crippen molar-refractivity contribution in [2.75, 3.05) is 5.32 Å². The van der Waals surface area contributed by atoms with Crippen LogP contribution in [-0.4, -0.2) is 15.9 Å². The van der Waals surface area contributed by atoms with Crippen LogP contribution in [0.2, 0.25) is 10.0 Å². The highest BCUT2D eigenvalue weighted by molar-refractivity contribution is 7.80. The minimum absolute atomic E-state index is 0.348. The van der Waals surface area contributed by atoms with Gasteiger partial charge in [0.1, 0.15) is 5.82 Å². The predicted molar refractivity (Wildman–Crippen MR) is 118 cm³/mol. The van der Waals surface area contributed by atoms with Gasteiger partial charge in [-0.05, 0) is 66.7 Å². The summed E-state index contributed by atoms with van der Waals surface area (Å²) in [5, 5.41) is 8.63. The number of thiocarbonyl (C=S) groups is 1. The molecule has 3 rings (SSSR count). The maximum atomic E-state index is 13.2. The second-order valence-corrected chi connectivity index (χ2v) is 7.26. The number of hydrogen-bond acceptors (Lipinski definition) is 2. The van der Waals surface area contributed by atoms with Crippen molar-refractivity contribution in [2.45, 2.75) is 13.5 Å². The van der Waals surface area contributed by atoms with Crippen molar-refractivity contribution in [3.8, 4) is 0 Å². The van der Waals surface area contributed by atoms with E-state index in [2.05, 4.69) is 15.8 Å². The lowest BCUT2D eigenvalue weighted by Gasteiger charge is -2.11. The first-order chi connectivity index (χ1) is 13.4. The first-order valence-electron chi connectivity index (χ1n) is 8.38. The molecule has 0 aliphatic heterocycles. The molecule has 0 saturated carbocycles. The molecular weight excluding hydrogens is 418 g/mol. The number of rotatable bonds is 5. The Morgan fingerprint density at radius 3 is 2.79 bits per heavy atom. The number of hydrazone groups is 1. The van der Waals surface area contributed by atoms with Gasteiger partial charge < -0.3 is 9.88 Å². The quantitative estimate of drug-likeness (QED) is 0.311. The zero-order valence-electron chi connectivity index (χ0n) is 14.9. The van der Waals surface area contributed by atoms with E-state index < -0.39 is 0 Å². The van der Waals surface area contributed by atoms with Crippen LogP contribution in [0, 0.1) is 12.7 Å². The Labute approximate surface area is 178 Å². The molecule has 3 aromatic rings. The maximum Gasteiger partial charge on any atom is 0.191 e. The Kier molecular flexibility index (Phi) is 6.67. The summed E-state index contributed by atoms with van der Waals surface area (Å²) in [5.41, 5.74) is 6.16. The summed E-state index contributed by atoms with van der Waals surface area (Å²) in [4.78, 5) is 0. The summed E-state index contributed by atoms with van der Waals surface area (Å²) < 4.78 is 15.2. The smallest absolute Gasteiger partial charge is 0.191 e. The van der Waals surface area contributed by atoms with E-state index in [0.29, 0.717) is 21.7 Å². The first-order valence-corrected chi connectivity index (χ1v) is 9.54. The number of hydrogen-bond donors (Lipinski definition) is 2. The second kappa shape index (κ2) is 9.19. The van der Waals surface area contributed by atoms with Crippen molar-refractivity contribution in [3.05, 3.63) is 87.4 Å². The molecule has 4 nitrogen and oxygen atoms in total.